The van der Waals surface area contributed by atoms with Crippen molar-refractivity contribution in [2.24, 2.45) is 0 Å². The van der Waals surface area contributed by atoms with Crippen LogP contribution in [0.5, 0.6) is 5.75 Å². The Morgan fingerprint density at radius 3 is 2.65 bits per heavy atom. The number of methoxy groups -OCH3 is 1. The van der Waals surface area contributed by atoms with Gasteiger partial charge in [0.25, 0.3) is 0 Å². The molecule has 3 nitrogen and oxygen atoms in total. The number of rotatable bonds is 3. The van der Waals surface area contributed by atoms with Crippen LogP contribution < -0.4 is 4.74 Å². The van der Waals surface area contributed by atoms with E-state index in [1.807, 2.05) is 12.1 Å². The topological polar surface area (TPSA) is 43.4 Å². The summed E-state index contributed by atoms with van der Waals surface area (Å²) in [5.74, 6) is 0.525. The standard InChI is InChI=1S/C12H15ClO3S/c1-16-12-10(8-17(13,14)15)7-6-9-4-2-3-5-11(9)12/h6-7H,2-5,8H2,1H3. The first-order valence-electron chi connectivity index (χ1n) is 5.61. The lowest BCUT2D eigenvalue weighted by molar-refractivity contribution is 0.402. The average molecular weight is 275 g/mol. The van der Waals surface area contributed by atoms with Gasteiger partial charge in [-0.3, -0.25) is 0 Å². The SMILES string of the molecule is COc1c(CS(=O)(=O)Cl)ccc2c1CCCC2. The number of benzene rings is 1. The Morgan fingerprint density at radius 2 is 2.00 bits per heavy atom. The number of fused-ring (bicyclic) bond motifs is 1. The van der Waals surface area contributed by atoms with Crippen molar-refractivity contribution in [2.75, 3.05) is 7.11 Å². The molecule has 1 aromatic rings. The Balaban J connectivity index is 2.47. The molecule has 0 saturated heterocycles. The van der Waals surface area contributed by atoms with E-state index < -0.39 is 9.05 Å². The Kier molecular flexibility index (Phi) is 3.64. The van der Waals surface area contributed by atoms with Gasteiger partial charge in [-0.1, -0.05) is 12.1 Å². The minimum Gasteiger partial charge on any atom is -0.496 e. The predicted octanol–water partition coefficient (Wildman–Crippen LogP) is 2.64. The van der Waals surface area contributed by atoms with Gasteiger partial charge >= 0.3 is 0 Å². The van der Waals surface area contributed by atoms with Crippen LogP contribution in [0, 0.1) is 0 Å². The molecule has 0 fully saturated rings. The second kappa shape index (κ2) is 4.86. The van der Waals surface area contributed by atoms with Gasteiger partial charge in [-0.25, -0.2) is 8.42 Å². The highest BCUT2D eigenvalue weighted by molar-refractivity contribution is 8.13. The van der Waals surface area contributed by atoms with Crippen LogP contribution in [0.1, 0.15) is 29.5 Å². The number of hydrogen-bond donors (Lipinski definition) is 0. The van der Waals surface area contributed by atoms with Gasteiger partial charge in [0.2, 0.25) is 9.05 Å². The fourth-order valence-electron chi connectivity index (χ4n) is 2.40. The van der Waals surface area contributed by atoms with Gasteiger partial charge in [-0.05, 0) is 36.8 Å². The molecular weight excluding hydrogens is 260 g/mol. The van der Waals surface area contributed by atoms with Crippen molar-refractivity contribution in [1.29, 1.82) is 0 Å². The van der Waals surface area contributed by atoms with Crippen LogP contribution in [0.25, 0.3) is 0 Å². The van der Waals surface area contributed by atoms with Gasteiger partial charge in [0.05, 0.1) is 12.9 Å². The second-order valence-electron chi connectivity index (χ2n) is 4.29. The first kappa shape index (κ1) is 12.7. The summed E-state index contributed by atoms with van der Waals surface area (Å²) < 4.78 is 27.7. The molecule has 0 amide bonds. The summed E-state index contributed by atoms with van der Waals surface area (Å²) in [6.07, 6.45) is 4.30. The van der Waals surface area contributed by atoms with Gasteiger partial charge in [0, 0.05) is 16.2 Å². The highest BCUT2D eigenvalue weighted by atomic mass is 35.7. The van der Waals surface area contributed by atoms with E-state index >= 15 is 0 Å². The number of aryl methyl sites for hydroxylation is 1. The minimum absolute atomic E-state index is 0.176. The van der Waals surface area contributed by atoms with Crippen molar-refractivity contribution >= 4 is 19.7 Å². The van der Waals surface area contributed by atoms with Crippen LogP contribution in [0.15, 0.2) is 12.1 Å². The summed E-state index contributed by atoms with van der Waals surface area (Å²) in [5, 5.41) is 0. The predicted molar refractivity (Wildman–Crippen MR) is 68.1 cm³/mol. The molecule has 0 radical (unpaired) electrons. The molecule has 0 unspecified atom stereocenters. The minimum atomic E-state index is -3.54. The van der Waals surface area contributed by atoms with Crippen molar-refractivity contribution in [3.8, 4) is 5.75 Å². The van der Waals surface area contributed by atoms with Crippen molar-refractivity contribution in [3.63, 3.8) is 0 Å². The van der Waals surface area contributed by atoms with Crippen molar-refractivity contribution < 1.29 is 13.2 Å². The zero-order valence-electron chi connectivity index (χ0n) is 9.70. The van der Waals surface area contributed by atoms with Crippen LogP contribution in [0.2, 0.25) is 0 Å². The first-order valence-corrected chi connectivity index (χ1v) is 8.09. The molecule has 0 aliphatic heterocycles. The fraction of sp³-hybridized carbons (Fsp3) is 0.500. The number of halogens is 1. The third-order valence-electron chi connectivity index (χ3n) is 3.09. The summed E-state index contributed by atoms with van der Waals surface area (Å²) in [5.41, 5.74) is 3.07. The summed E-state index contributed by atoms with van der Waals surface area (Å²) in [6, 6.07) is 3.80. The van der Waals surface area contributed by atoms with E-state index in [1.54, 1.807) is 7.11 Å². The highest BCUT2D eigenvalue weighted by Crippen LogP contribution is 2.34. The molecule has 94 valence electrons. The second-order valence-corrected chi connectivity index (χ2v) is 7.06. The lowest BCUT2D eigenvalue weighted by Gasteiger charge is -2.20. The highest BCUT2D eigenvalue weighted by Gasteiger charge is 2.19. The van der Waals surface area contributed by atoms with Crippen LogP contribution in [0.4, 0.5) is 0 Å². The van der Waals surface area contributed by atoms with E-state index in [9.17, 15) is 8.42 Å². The van der Waals surface area contributed by atoms with E-state index in [1.165, 1.54) is 12.0 Å². The van der Waals surface area contributed by atoms with Gasteiger partial charge in [0.1, 0.15) is 5.75 Å². The molecule has 5 heteroatoms. The Bertz CT molecular complexity index is 523. The van der Waals surface area contributed by atoms with Crippen molar-refractivity contribution in [3.05, 3.63) is 28.8 Å². The summed E-state index contributed by atoms with van der Waals surface area (Å²) in [6.45, 7) is 0. The first-order chi connectivity index (χ1) is 8.01. The Labute approximate surface area is 106 Å². The smallest absolute Gasteiger partial charge is 0.236 e. The molecule has 2 rings (SSSR count). The van der Waals surface area contributed by atoms with Crippen molar-refractivity contribution in [2.45, 2.75) is 31.4 Å². The third-order valence-corrected chi connectivity index (χ3v) is 4.08. The maximum atomic E-state index is 11.1. The summed E-state index contributed by atoms with van der Waals surface area (Å²) in [7, 11) is 3.33. The van der Waals surface area contributed by atoms with E-state index in [2.05, 4.69) is 0 Å². The van der Waals surface area contributed by atoms with Crippen molar-refractivity contribution in [1.82, 2.24) is 0 Å². The van der Waals surface area contributed by atoms with Crippen LogP contribution >= 0.6 is 10.7 Å². The molecule has 1 aliphatic carbocycles. The van der Waals surface area contributed by atoms with Gasteiger partial charge in [0.15, 0.2) is 0 Å². The van der Waals surface area contributed by atoms with Gasteiger partial charge in [-0.2, -0.15) is 0 Å². The molecule has 0 heterocycles. The molecule has 1 aliphatic rings. The van der Waals surface area contributed by atoms with E-state index in [0.29, 0.717) is 11.3 Å². The lowest BCUT2D eigenvalue weighted by Crippen LogP contribution is -2.08. The van der Waals surface area contributed by atoms with E-state index in [0.717, 1.165) is 24.8 Å². The Hall–Kier alpha value is -0.740. The van der Waals surface area contributed by atoms with Crippen LogP contribution in [0.3, 0.4) is 0 Å². The van der Waals surface area contributed by atoms with E-state index in [4.69, 9.17) is 15.4 Å². The molecule has 0 atom stereocenters. The normalized spacial score (nSPS) is 15.4. The maximum Gasteiger partial charge on any atom is 0.236 e. The quantitative estimate of drug-likeness (QED) is 0.796. The molecular formula is C12H15ClO3S. The average Bonchev–Trinajstić information content (AvgIpc) is 2.27. The van der Waals surface area contributed by atoms with Gasteiger partial charge in [-0.15, -0.1) is 0 Å². The maximum absolute atomic E-state index is 11.1. The zero-order valence-corrected chi connectivity index (χ0v) is 11.3. The number of ether oxygens (including phenoxy) is 1. The number of hydrogen-bond acceptors (Lipinski definition) is 3. The molecule has 1 aromatic carbocycles. The van der Waals surface area contributed by atoms with E-state index in [-0.39, 0.29) is 5.75 Å². The molecule has 17 heavy (non-hydrogen) atoms. The summed E-state index contributed by atoms with van der Waals surface area (Å²) in [4.78, 5) is 0. The molecule has 0 aromatic heterocycles. The molecule has 0 spiro atoms. The monoisotopic (exact) mass is 274 g/mol. The van der Waals surface area contributed by atoms with Gasteiger partial charge < -0.3 is 4.74 Å². The molecule has 0 saturated carbocycles. The van der Waals surface area contributed by atoms with Crippen LogP contribution in [-0.2, 0) is 27.6 Å². The zero-order chi connectivity index (χ0) is 12.5. The lowest BCUT2D eigenvalue weighted by atomic mass is 9.89. The third kappa shape index (κ3) is 2.93. The Morgan fingerprint density at radius 1 is 1.29 bits per heavy atom. The fourth-order valence-corrected chi connectivity index (χ4v) is 3.35. The van der Waals surface area contributed by atoms with Crippen LogP contribution in [-0.4, -0.2) is 15.5 Å². The summed E-state index contributed by atoms with van der Waals surface area (Å²) >= 11 is 0. The molecule has 0 N–H and O–H groups in total. The molecule has 0 bridgehead atoms. The largest absolute Gasteiger partial charge is 0.496 e.